The van der Waals surface area contributed by atoms with Crippen molar-refractivity contribution >= 4 is 5.91 Å². The minimum absolute atomic E-state index is 0.00604. The molecular formula is C18H21N5O. The third-order valence-corrected chi connectivity index (χ3v) is 4.82. The van der Waals surface area contributed by atoms with Crippen LogP contribution in [-0.4, -0.2) is 33.7 Å². The number of rotatable bonds is 4. The maximum absolute atomic E-state index is 11.9. The van der Waals surface area contributed by atoms with E-state index < -0.39 is 5.91 Å². The molecule has 3 rings (SSSR count). The molecule has 6 heteroatoms. The molecule has 6 nitrogen and oxygen atoms in total. The Labute approximate surface area is 141 Å². The van der Waals surface area contributed by atoms with Gasteiger partial charge < -0.3 is 10.6 Å². The monoisotopic (exact) mass is 323 g/mol. The number of nitrogens with two attached hydrogens (primary N) is 1. The van der Waals surface area contributed by atoms with Gasteiger partial charge in [-0.3, -0.25) is 9.48 Å². The van der Waals surface area contributed by atoms with E-state index >= 15 is 0 Å². The van der Waals surface area contributed by atoms with Gasteiger partial charge in [0.1, 0.15) is 0 Å². The lowest BCUT2D eigenvalue weighted by molar-refractivity contribution is 0.0993. The Morgan fingerprint density at radius 2 is 2.12 bits per heavy atom. The number of carbonyl (C=O) groups excluding carboxylic acids is 1. The van der Waals surface area contributed by atoms with E-state index in [0.29, 0.717) is 18.8 Å². The van der Waals surface area contributed by atoms with Crippen LogP contribution < -0.4 is 5.73 Å². The van der Waals surface area contributed by atoms with Crippen molar-refractivity contribution < 1.29 is 4.79 Å². The molecular weight excluding hydrogens is 302 g/mol. The average Bonchev–Trinajstić information content (AvgIpc) is 3.19. The molecule has 1 aliphatic heterocycles. The zero-order valence-electron chi connectivity index (χ0n) is 13.9. The highest BCUT2D eigenvalue weighted by Crippen LogP contribution is 2.33. The van der Waals surface area contributed by atoms with Gasteiger partial charge in [-0.05, 0) is 25.8 Å². The smallest absolute Gasteiger partial charge is 0.269 e. The molecule has 124 valence electrons. The summed E-state index contributed by atoms with van der Waals surface area (Å²) in [7, 11) is 0. The molecule has 1 saturated heterocycles. The summed E-state index contributed by atoms with van der Waals surface area (Å²) in [5.74, 6) is -0.397. The Kier molecular flexibility index (Phi) is 4.26. The molecule has 24 heavy (non-hydrogen) atoms. The standard InChI is InChI=1S/C18H21N5O/c1-12(14-6-4-3-5-7-14)23-13(2)16(17(21-23)18(20)24)15-8-9-22(10-15)11-19/h3-7,12,15H,8-10H2,1-2H3,(H2,20,24)/t12?,15-/m0/s1. The Morgan fingerprint density at radius 3 is 2.71 bits per heavy atom. The fourth-order valence-corrected chi connectivity index (χ4v) is 3.54. The first-order valence-electron chi connectivity index (χ1n) is 8.11. The lowest BCUT2D eigenvalue weighted by Gasteiger charge is -2.16. The second-order valence-corrected chi connectivity index (χ2v) is 6.27. The fraction of sp³-hybridized carbons (Fsp3) is 0.389. The van der Waals surface area contributed by atoms with Crippen LogP contribution in [0.5, 0.6) is 0 Å². The van der Waals surface area contributed by atoms with E-state index in [0.717, 1.165) is 23.2 Å². The summed E-state index contributed by atoms with van der Waals surface area (Å²) >= 11 is 0. The third kappa shape index (κ3) is 2.73. The van der Waals surface area contributed by atoms with Gasteiger partial charge in [0.2, 0.25) is 0 Å². The molecule has 0 bridgehead atoms. The summed E-state index contributed by atoms with van der Waals surface area (Å²) in [6.07, 6.45) is 3.01. The highest BCUT2D eigenvalue weighted by molar-refractivity contribution is 5.92. The Morgan fingerprint density at radius 1 is 1.42 bits per heavy atom. The Bertz CT molecular complexity index is 790. The average molecular weight is 323 g/mol. The zero-order chi connectivity index (χ0) is 17.3. The molecule has 2 heterocycles. The predicted molar refractivity (Wildman–Crippen MR) is 90.3 cm³/mol. The minimum atomic E-state index is -0.512. The number of primary amides is 1. The largest absolute Gasteiger partial charge is 0.364 e. The van der Waals surface area contributed by atoms with Crippen LogP contribution in [-0.2, 0) is 0 Å². The molecule has 1 unspecified atom stereocenters. The number of hydrogen-bond acceptors (Lipinski definition) is 4. The molecule has 2 aromatic rings. The Hall–Kier alpha value is -2.81. The molecule has 1 aromatic heterocycles. The van der Waals surface area contributed by atoms with E-state index in [2.05, 4.69) is 18.2 Å². The van der Waals surface area contributed by atoms with Crippen LogP contribution >= 0.6 is 0 Å². The van der Waals surface area contributed by atoms with Gasteiger partial charge in [0.15, 0.2) is 11.9 Å². The fourth-order valence-electron chi connectivity index (χ4n) is 3.54. The summed E-state index contributed by atoms with van der Waals surface area (Å²) in [6, 6.07) is 10.0. The first-order chi connectivity index (χ1) is 11.5. The molecule has 1 aliphatic rings. The van der Waals surface area contributed by atoms with Gasteiger partial charge in [-0.2, -0.15) is 10.4 Å². The second-order valence-electron chi connectivity index (χ2n) is 6.27. The second kappa shape index (κ2) is 6.36. The molecule has 0 radical (unpaired) electrons. The number of benzene rings is 1. The van der Waals surface area contributed by atoms with Crippen LogP contribution in [0, 0.1) is 18.4 Å². The van der Waals surface area contributed by atoms with Crippen LogP contribution in [0.25, 0.3) is 0 Å². The highest BCUT2D eigenvalue weighted by atomic mass is 16.1. The van der Waals surface area contributed by atoms with Gasteiger partial charge in [0.05, 0.1) is 6.04 Å². The molecule has 2 atom stereocenters. The van der Waals surface area contributed by atoms with E-state index in [1.807, 2.05) is 41.9 Å². The zero-order valence-corrected chi connectivity index (χ0v) is 13.9. The molecule has 2 N–H and O–H groups in total. The molecule has 0 aliphatic carbocycles. The summed E-state index contributed by atoms with van der Waals surface area (Å²) in [6.45, 7) is 5.35. The summed E-state index contributed by atoms with van der Waals surface area (Å²) in [4.78, 5) is 13.6. The van der Waals surface area contributed by atoms with Crippen LogP contribution in [0.2, 0.25) is 0 Å². The van der Waals surface area contributed by atoms with Crippen LogP contribution in [0.1, 0.15) is 52.6 Å². The Balaban J connectivity index is 2.02. The first-order valence-corrected chi connectivity index (χ1v) is 8.11. The topological polar surface area (TPSA) is 87.9 Å². The first kappa shape index (κ1) is 16.1. The van der Waals surface area contributed by atoms with Gasteiger partial charge in [-0.25, -0.2) is 0 Å². The SMILES string of the molecule is Cc1c([C@H]2CCN(C#N)C2)c(C(N)=O)nn1C(C)c1ccccc1. The van der Waals surface area contributed by atoms with Crippen molar-refractivity contribution in [2.75, 3.05) is 13.1 Å². The van der Waals surface area contributed by atoms with Gasteiger partial charge in [-0.15, -0.1) is 0 Å². The number of aromatic nitrogens is 2. The normalized spacial score (nSPS) is 18.4. The van der Waals surface area contributed by atoms with Gasteiger partial charge in [0.25, 0.3) is 5.91 Å². The van der Waals surface area contributed by atoms with Crippen LogP contribution in [0.3, 0.4) is 0 Å². The quantitative estimate of drug-likeness (QED) is 0.873. The number of amides is 1. The molecule has 1 fully saturated rings. The predicted octanol–water partition coefficient (Wildman–Crippen LogP) is 2.17. The van der Waals surface area contributed by atoms with Crippen molar-refractivity contribution in [2.45, 2.75) is 32.2 Å². The molecule has 1 aromatic carbocycles. The number of carbonyl (C=O) groups is 1. The van der Waals surface area contributed by atoms with Gasteiger partial charge in [-0.1, -0.05) is 30.3 Å². The van der Waals surface area contributed by atoms with Gasteiger partial charge in [0, 0.05) is 30.3 Å². The van der Waals surface area contributed by atoms with Crippen molar-refractivity contribution in [3.05, 3.63) is 52.8 Å². The number of nitrogens with zero attached hydrogens (tertiary/aromatic N) is 4. The summed E-state index contributed by atoms with van der Waals surface area (Å²) in [5, 5.41) is 13.6. The summed E-state index contributed by atoms with van der Waals surface area (Å²) in [5.41, 5.74) is 8.87. The van der Waals surface area contributed by atoms with Crippen molar-refractivity contribution in [1.82, 2.24) is 14.7 Å². The molecule has 0 saturated carbocycles. The van der Waals surface area contributed by atoms with E-state index in [1.165, 1.54) is 0 Å². The molecule has 0 spiro atoms. The van der Waals surface area contributed by atoms with Crippen molar-refractivity contribution in [3.63, 3.8) is 0 Å². The van der Waals surface area contributed by atoms with Crippen molar-refractivity contribution in [1.29, 1.82) is 5.26 Å². The third-order valence-electron chi connectivity index (χ3n) is 4.82. The van der Waals surface area contributed by atoms with Crippen molar-refractivity contribution in [3.8, 4) is 6.19 Å². The van der Waals surface area contributed by atoms with E-state index in [-0.39, 0.29) is 12.0 Å². The summed E-state index contributed by atoms with van der Waals surface area (Å²) < 4.78 is 1.87. The number of likely N-dealkylation sites (tertiary alicyclic amines) is 1. The van der Waals surface area contributed by atoms with E-state index in [4.69, 9.17) is 11.0 Å². The lowest BCUT2D eigenvalue weighted by Crippen LogP contribution is -2.17. The van der Waals surface area contributed by atoms with Crippen LogP contribution in [0.15, 0.2) is 30.3 Å². The van der Waals surface area contributed by atoms with Crippen molar-refractivity contribution in [2.24, 2.45) is 5.73 Å². The van der Waals surface area contributed by atoms with E-state index in [9.17, 15) is 4.79 Å². The van der Waals surface area contributed by atoms with Crippen LogP contribution in [0.4, 0.5) is 0 Å². The van der Waals surface area contributed by atoms with E-state index in [1.54, 1.807) is 4.90 Å². The minimum Gasteiger partial charge on any atom is -0.364 e. The molecule has 1 amide bonds. The maximum Gasteiger partial charge on any atom is 0.269 e. The maximum atomic E-state index is 11.9. The van der Waals surface area contributed by atoms with Gasteiger partial charge >= 0.3 is 0 Å². The lowest BCUT2D eigenvalue weighted by atomic mass is 9.95. The number of nitriles is 1. The highest BCUT2D eigenvalue weighted by Gasteiger charge is 2.32. The number of hydrogen-bond donors (Lipinski definition) is 1.